The Hall–Kier alpha value is -3.48. The molecule has 0 spiro atoms. The van der Waals surface area contributed by atoms with Crippen molar-refractivity contribution in [3.63, 3.8) is 0 Å². The van der Waals surface area contributed by atoms with E-state index in [2.05, 4.69) is 30.3 Å². The van der Waals surface area contributed by atoms with Crippen LogP contribution >= 0.6 is 0 Å². The zero-order valence-corrected chi connectivity index (χ0v) is 23.7. The molecule has 3 aliphatic rings. The van der Waals surface area contributed by atoms with E-state index in [1.807, 2.05) is 32.2 Å². The highest BCUT2D eigenvalue weighted by Gasteiger charge is 2.36. The second-order valence-electron chi connectivity index (χ2n) is 11.2. The van der Waals surface area contributed by atoms with Gasteiger partial charge < -0.3 is 25.4 Å². The van der Waals surface area contributed by atoms with E-state index >= 15 is 4.39 Å². The molecule has 42 heavy (non-hydrogen) atoms. The normalized spacial score (nSPS) is 22.5. The Labute approximate surface area is 242 Å². The number of halogens is 4. The third-order valence-corrected chi connectivity index (χ3v) is 8.40. The maximum Gasteiger partial charge on any atom is 0.417 e. The van der Waals surface area contributed by atoms with E-state index in [1.54, 1.807) is 6.07 Å². The number of rotatable bonds is 6. The van der Waals surface area contributed by atoms with E-state index in [0.717, 1.165) is 57.6 Å². The number of aromatic amines is 1. The molecule has 2 unspecified atom stereocenters. The van der Waals surface area contributed by atoms with Crippen molar-refractivity contribution in [3.05, 3.63) is 81.1 Å². The number of alkyl halides is 3. The highest BCUT2D eigenvalue weighted by atomic mass is 19.4. The van der Waals surface area contributed by atoms with Crippen LogP contribution in [0.15, 0.2) is 58.8 Å². The van der Waals surface area contributed by atoms with E-state index in [-0.39, 0.29) is 11.7 Å². The van der Waals surface area contributed by atoms with Crippen molar-refractivity contribution < 1.29 is 22.4 Å². The zero-order chi connectivity index (χ0) is 30.0. The first-order valence-corrected chi connectivity index (χ1v) is 14.2. The molecule has 0 radical (unpaired) electrons. The molecular weight excluding hydrogens is 552 g/mol. The summed E-state index contributed by atoms with van der Waals surface area (Å²) < 4.78 is 56.6. The Kier molecular flexibility index (Phi) is 8.86. The van der Waals surface area contributed by atoms with Crippen LogP contribution in [0.2, 0.25) is 0 Å². The lowest BCUT2D eigenvalue weighted by Crippen LogP contribution is -2.45. The molecule has 2 fully saturated rings. The molecule has 0 bridgehead atoms. The molecule has 2 aliphatic heterocycles. The number of pyridine rings is 1. The molecule has 1 aromatic heterocycles. The first-order chi connectivity index (χ1) is 20.0. The summed E-state index contributed by atoms with van der Waals surface area (Å²) in [5, 5.41) is 6.00. The van der Waals surface area contributed by atoms with Crippen LogP contribution < -0.4 is 21.1 Å². The molecule has 1 amide bonds. The predicted octanol–water partition coefficient (Wildman–Crippen LogP) is 3.82. The smallest absolute Gasteiger partial charge is 0.367 e. The first-order valence-electron chi connectivity index (χ1n) is 14.2. The average Bonchev–Trinajstić information content (AvgIpc) is 2.95. The summed E-state index contributed by atoms with van der Waals surface area (Å²) in [5.41, 5.74) is -0.332. The van der Waals surface area contributed by atoms with Gasteiger partial charge in [-0.1, -0.05) is 24.6 Å². The number of allylic oxidation sites excluding steroid dienone is 3. The topological polar surface area (TPSA) is 83.7 Å². The summed E-state index contributed by atoms with van der Waals surface area (Å²) in [6.45, 7) is 9.15. The molecule has 2 saturated heterocycles. The van der Waals surface area contributed by atoms with Crippen LogP contribution in [-0.2, 0) is 6.18 Å². The number of nitrogens with zero attached hydrogens (tertiary/aromatic N) is 3. The molecule has 3 heterocycles. The van der Waals surface area contributed by atoms with E-state index in [0.29, 0.717) is 36.1 Å². The van der Waals surface area contributed by atoms with E-state index in [4.69, 9.17) is 0 Å². The number of benzene rings is 1. The van der Waals surface area contributed by atoms with Gasteiger partial charge in [0, 0.05) is 77.1 Å². The molecule has 2 atom stereocenters. The second kappa shape index (κ2) is 12.4. The molecule has 1 aliphatic carbocycles. The highest BCUT2D eigenvalue weighted by molar-refractivity contribution is 6.07. The van der Waals surface area contributed by atoms with Crippen LogP contribution in [0.25, 0.3) is 0 Å². The number of piperazine rings is 2. The molecule has 0 saturated carbocycles. The minimum absolute atomic E-state index is 0.168. The lowest BCUT2D eigenvalue weighted by Gasteiger charge is -2.36. The average molecular weight is 589 g/mol. The van der Waals surface area contributed by atoms with Crippen LogP contribution in [0.1, 0.15) is 34.3 Å². The summed E-state index contributed by atoms with van der Waals surface area (Å²) in [7, 11) is 2.00. The van der Waals surface area contributed by atoms with Gasteiger partial charge in [-0.05, 0) is 36.7 Å². The van der Waals surface area contributed by atoms with E-state index < -0.39 is 34.7 Å². The number of H-pyrrole nitrogens is 1. The second-order valence-corrected chi connectivity index (χ2v) is 11.2. The monoisotopic (exact) mass is 588 g/mol. The minimum Gasteiger partial charge on any atom is -0.367 e. The predicted molar refractivity (Wildman–Crippen MR) is 155 cm³/mol. The van der Waals surface area contributed by atoms with Gasteiger partial charge in [-0.2, -0.15) is 13.2 Å². The largest absolute Gasteiger partial charge is 0.417 e. The minimum atomic E-state index is -4.90. The maximum atomic E-state index is 15.4. The Bertz CT molecular complexity index is 1420. The Balaban J connectivity index is 1.48. The van der Waals surface area contributed by atoms with Crippen molar-refractivity contribution in [3.8, 4) is 0 Å². The van der Waals surface area contributed by atoms with Gasteiger partial charge in [0.1, 0.15) is 5.83 Å². The van der Waals surface area contributed by atoms with Gasteiger partial charge in [0.15, 0.2) is 0 Å². The van der Waals surface area contributed by atoms with Crippen LogP contribution in [0.5, 0.6) is 0 Å². The van der Waals surface area contributed by atoms with Crippen molar-refractivity contribution in [1.29, 1.82) is 0 Å². The third-order valence-electron chi connectivity index (χ3n) is 8.40. The van der Waals surface area contributed by atoms with E-state index in [9.17, 15) is 22.8 Å². The highest BCUT2D eigenvalue weighted by Crippen LogP contribution is 2.42. The number of amides is 1. The Morgan fingerprint density at radius 2 is 1.76 bits per heavy atom. The summed E-state index contributed by atoms with van der Waals surface area (Å²) in [4.78, 5) is 33.7. The van der Waals surface area contributed by atoms with Crippen LogP contribution in [0.4, 0.5) is 28.9 Å². The molecule has 226 valence electrons. The Morgan fingerprint density at radius 3 is 2.45 bits per heavy atom. The zero-order valence-electron chi connectivity index (χ0n) is 23.7. The van der Waals surface area contributed by atoms with Crippen molar-refractivity contribution >= 4 is 17.3 Å². The molecule has 5 rings (SSSR count). The van der Waals surface area contributed by atoms with Crippen molar-refractivity contribution in [2.45, 2.75) is 19.0 Å². The molecule has 3 N–H and O–H groups in total. The van der Waals surface area contributed by atoms with Gasteiger partial charge in [0.05, 0.1) is 22.5 Å². The first kappa shape index (κ1) is 30.0. The standard InChI is InChI=1S/C30H36F4N6O2/c1-19-21(18-39-9-7-35-8-10-39)3-5-24(31)28(19)20-4-6-26(40-13-11-38(2)12-14-40)25(15-20)37-29(42)22-17-36-27(41)16-23(22)30(32,33)34/h3-6,15-17,19,28,35H,7-14,18H2,1-2H3,(H,36,41)(H,37,42). The summed E-state index contributed by atoms with van der Waals surface area (Å²) in [6, 6.07) is 5.70. The van der Waals surface area contributed by atoms with Gasteiger partial charge in [-0.15, -0.1) is 0 Å². The fourth-order valence-electron chi connectivity index (χ4n) is 5.92. The Morgan fingerprint density at radius 1 is 1.05 bits per heavy atom. The number of anilines is 2. The van der Waals surface area contributed by atoms with Crippen molar-refractivity contribution in [2.24, 2.45) is 5.92 Å². The number of nitrogens with one attached hydrogen (secondary N) is 3. The lowest BCUT2D eigenvalue weighted by atomic mass is 9.78. The SMILES string of the molecule is CC1C(CN2CCNCC2)=CC=C(F)C1c1ccc(N2CCN(C)CC2)c(NC(=O)c2c[nH]c(=O)cc2C(F)(F)F)c1. The quantitative estimate of drug-likeness (QED) is 0.446. The van der Waals surface area contributed by atoms with Crippen LogP contribution in [0, 0.1) is 5.92 Å². The van der Waals surface area contributed by atoms with Gasteiger partial charge in [-0.25, -0.2) is 4.39 Å². The van der Waals surface area contributed by atoms with Crippen LogP contribution in [-0.4, -0.2) is 86.6 Å². The lowest BCUT2D eigenvalue weighted by molar-refractivity contribution is -0.138. The molecule has 1 aromatic carbocycles. The maximum absolute atomic E-state index is 15.4. The van der Waals surface area contributed by atoms with Gasteiger partial charge >= 0.3 is 6.18 Å². The summed E-state index contributed by atoms with van der Waals surface area (Å²) >= 11 is 0. The number of aromatic nitrogens is 1. The van der Waals surface area contributed by atoms with Crippen molar-refractivity contribution in [1.82, 2.24) is 20.1 Å². The molecule has 8 nitrogen and oxygen atoms in total. The summed E-state index contributed by atoms with van der Waals surface area (Å²) in [6.07, 6.45) is -0.792. The molecular formula is C30H36F4N6O2. The van der Waals surface area contributed by atoms with Gasteiger partial charge in [-0.3, -0.25) is 14.5 Å². The molecule has 12 heteroatoms. The van der Waals surface area contributed by atoms with Crippen LogP contribution in [0.3, 0.4) is 0 Å². The number of carbonyl (C=O) groups excluding carboxylic acids is 1. The fraction of sp³-hybridized carbons (Fsp3) is 0.467. The summed E-state index contributed by atoms with van der Waals surface area (Å²) in [5.74, 6) is -2.10. The van der Waals surface area contributed by atoms with E-state index in [1.165, 1.54) is 6.08 Å². The molecule has 2 aromatic rings. The number of likely N-dealkylation sites (N-methyl/N-ethyl adjacent to an activating group) is 1. The van der Waals surface area contributed by atoms with Gasteiger partial charge in [0.25, 0.3) is 5.91 Å². The third kappa shape index (κ3) is 6.61. The number of hydrogen-bond acceptors (Lipinski definition) is 6. The fourth-order valence-corrected chi connectivity index (χ4v) is 5.92. The van der Waals surface area contributed by atoms with Crippen molar-refractivity contribution in [2.75, 3.05) is 76.2 Å². The van der Waals surface area contributed by atoms with Gasteiger partial charge in [0.2, 0.25) is 5.56 Å². The number of hydrogen-bond donors (Lipinski definition) is 3. The number of carbonyl (C=O) groups is 1.